The van der Waals surface area contributed by atoms with E-state index in [4.69, 9.17) is 15.2 Å². The van der Waals surface area contributed by atoms with Gasteiger partial charge in [-0.2, -0.15) is 0 Å². The monoisotopic (exact) mass is 306 g/mol. The van der Waals surface area contributed by atoms with E-state index < -0.39 is 5.60 Å². The lowest BCUT2D eigenvalue weighted by Crippen LogP contribution is -2.49. The number of rotatable bonds is 2. The highest BCUT2D eigenvalue weighted by Crippen LogP contribution is 2.28. The van der Waals surface area contributed by atoms with Crippen molar-refractivity contribution in [2.24, 2.45) is 5.73 Å². The number of nitrogens with zero attached hydrogens (tertiary/aromatic N) is 1. The van der Waals surface area contributed by atoms with E-state index in [1.807, 2.05) is 45.0 Å². The van der Waals surface area contributed by atoms with Gasteiger partial charge in [0.15, 0.2) is 0 Å². The lowest BCUT2D eigenvalue weighted by atomic mass is 9.86. The summed E-state index contributed by atoms with van der Waals surface area (Å²) in [5.41, 5.74) is 6.91. The molecule has 2 N–H and O–H groups in total. The van der Waals surface area contributed by atoms with E-state index in [9.17, 15) is 4.79 Å². The summed E-state index contributed by atoms with van der Waals surface area (Å²) >= 11 is 0. The molecular weight excluding hydrogens is 280 g/mol. The maximum absolute atomic E-state index is 12.2. The molecule has 1 saturated heterocycles. The van der Waals surface area contributed by atoms with Crippen molar-refractivity contribution >= 4 is 6.09 Å². The summed E-state index contributed by atoms with van der Waals surface area (Å²) in [4.78, 5) is 14.0. The second kappa shape index (κ2) is 6.57. The zero-order valence-electron chi connectivity index (χ0n) is 13.8. The summed E-state index contributed by atoms with van der Waals surface area (Å²) in [5, 5.41) is 0. The molecule has 5 heteroatoms. The van der Waals surface area contributed by atoms with Gasteiger partial charge in [0.05, 0.1) is 7.11 Å². The minimum atomic E-state index is -0.480. The summed E-state index contributed by atoms with van der Waals surface area (Å²) in [5.74, 6) is 0.935. The molecule has 1 aromatic carbocycles. The van der Waals surface area contributed by atoms with Gasteiger partial charge in [-0.3, -0.25) is 0 Å². The molecule has 0 aliphatic carbocycles. The highest BCUT2D eigenvalue weighted by molar-refractivity contribution is 5.68. The molecule has 0 unspecified atom stereocenters. The molecule has 0 radical (unpaired) electrons. The molecule has 0 bridgehead atoms. The Morgan fingerprint density at radius 1 is 1.27 bits per heavy atom. The minimum Gasteiger partial charge on any atom is -0.497 e. The number of carbonyl (C=O) groups excluding carboxylic acids is 1. The quantitative estimate of drug-likeness (QED) is 0.912. The van der Waals surface area contributed by atoms with Crippen LogP contribution < -0.4 is 10.5 Å². The molecule has 0 aromatic heterocycles. The SMILES string of the molecule is COc1ccc([C@H]2CN(C(=O)OC(C)(C)C)CC[C@@H]2N)cc1. The number of hydrogen-bond acceptors (Lipinski definition) is 4. The molecule has 22 heavy (non-hydrogen) atoms. The van der Waals surface area contributed by atoms with Crippen molar-refractivity contribution in [3.8, 4) is 5.75 Å². The molecule has 0 spiro atoms. The van der Waals surface area contributed by atoms with E-state index in [1.54, 1.807) is 12.0 Å². The molecule has 5 nitrogen and oxygen atoms in total. The maximum Gasteiger partial charge on any atom is 0.410 e. The fourth-order valence-electron chi connectivity index (χ4n) is 2.67. The fourth-order valence-corrected chi connectivity index (χ4v) is 2.67. The van der Waals surface area contributed by atoms with Crippen molar-refractivity contribution in [2.75, 3.05) is 20.2 Å². The average molecular weight is 306 g/mol. The van der Waals surface area contributed by atoms with Crippen molar-refractivity contribution in [2.45, 2.75) is 44.8 Å². The average Bonchev–Trinajstić information content (AvgIpc) is 2.46. The molecule has 1 heterocycles. The van der Waals surface area contributed by atoms with Crippen LogP contribution in [-0.4, -0.2) is 42.8 Å². The molecule has 2 rings (SSSR count). The molecule has 1 aromatic rings. The number of benzene rings is 1. The van der Waals surface area contributed by atoms with E-state index in [-0.39, 0.29) is 18.1 Å². The summed E-state index contributed by atoms with van der Waals surface area (Å²) in [6.45, 7) is 6.86. The van der Waals surface area contributed by atoms with Crippen LogP contribution >= 0.6 is 0 Å². The van der Waals surface area contributed by atoms with Crippen LogP contribution in [-0.2, 0) is 4.74 Å². The Morgan fingerprint density at radius 2 is 1.91 bits per heavy atom. The van der Waals surface area contributed by atoms with Crippen molar-refractivity contribution in [1.29, 1.82) is 0 Å². The molecule has 1 aliphatic heterocycles. The van der Waals surface area contributed by atoms with Crippen LogP contribution in [0.2, 0.25) is 0 Å². The van der Waals surface area contributed by atoms with Crippen LogP contribution in [0.15, 0.2) is 24.3 Å². The first-order valence-corrected chi connectivity index (χ1v) is 7.67. The normalized spacial score (nSPS) is 22.3. The van der Waals surface area contributed by atoms with Crippen molar-refractivity contribution in [3.05, 3.63) is 29.8 Å². The third-order valence-corrected chi connectivity index (χ3v) is 3.86. The Morgan fingerprint density at radius 3 is 2.45 bits per heavy atom. The number of methoxy groups -OCH3 is 1. The smallest absolute Gasteiger partial charge is 0.410 e. The van der Waals surface area contributed by atoms with Gasteiger partial charge in [0.25, 0.3) is 0 Å². The fraction of sp³-hybridized carbons (Fsp3) is 0.588. The summed E-state index contributed by atoms with van der Waals surface area (Å²) in [7, 11) is 1.64. The van der Waals surface area contributed by atoms with Crippen LogP contribution in [0.1, 0.15) is 38.7 Å². The second-order valence-corrected chi connectivity index (χ2v) is 6.76. The predicted molar refractivity (Wildman–Crippen MR) is 86.1 cm³/mol. The summed E-state index contributed by atoms with van der Waals surface area (Å²) in [6, 6.07) is 7.93. The zero-order valence-corrected chi connectivity index (χ0v) is 13.8. The zero-order chi connectivity index (χ0) is 16.3. The van der Waals surface area contributed by atoms with E-state index in [1.165, 1.54) is 0 Å². The number of ether oxygens (including phenoxy) is 2. The Kier molecular flexibility index (Phi) is 4.96. The second-order valence-electron chi connectivity index (χ2n) is 6.76. The van der Waals surface area contributed by atoms with Crippen LogP contribution in [0.4, 0.5) is 4.79 Å². The van der Waals surface area contributed by atoms with Gasteiger partial charge in [0.2, 0.25) is 0 Å². The number of piperidine rings is 1. The lowest BCUT2D eigenvalue weighted by Gasteiger charge is -2.37. The van der Waals surface area contributed by atoms with Crippen molar-refractivity contribution in [3.63, 3.8) is 0 Å². The predicted octanol–water partition coefficient (Wildman–Crippen LogP) is 2.75. The van der Waals surface area contributed by atoms with Crippen LogP contribution in [0, 0.1) is 0 Å². The standard InChI is InChI=1S/C17H26N2O3/c1-17(2,3)22-16(20)19-10-9-15(18)14(11-19)12-5-7-13(21-4)8-6-12/h5-8,14-15H,9-11,18H2,1-4H3/t14-,15+/m1/s1. The lowest BCUT2D eigenvalue weighted by molar-refractivity contribution is 0.0186. The van der Waals surface area contributed by atoms with Gasteiger partial charge in [-0.05, 0) is 44.9 Å². The first-order valence-electron chi connectivity index (χ1n) is 7.67. The van der Waals surface area contributed by atoms with Crippen LogP contribution in [0.25, 0.3) is 0 Å². The Bertz CT molecular complexity index is 508. The van der Waals surface area contributed by atoms with Gasteiger partial charge in [-0.1, -0.05) is 12.1 Å². The summed E-state index contributed by atoms with van der Waals surface area (Å²) in [6.07, 6.45) is 0.508. The first kappa shape index (κ1) is 16.6. The minimum absolute atomic E-state index is 0.0482. The third kappa shape index (κ3) is 4.13. The first-order chi connectivity index (χ1) is 10.3. The summed E-state index contributed by atoms with van der Waals surface area (Å²) < 4.78 is 10.6. The van der Waals surface area contributed by atoms with Gasteiger partial charge >= 0.3 is 6.09 Å². The molecule has 0 saturated carbocycles. The number of carbonyl (C=O) groups is 1. The van der Waals surface area contributed by atoms with Gasteiger partial charge < -0.3 is 20.1 Å². The van der Waals surface area contributed by atoms with Crippen molar-refractivity contribution < 1.29 is 14.3 Å². The highest BCUT2D eigenvalue weighted by Gasteiger charge is 2.32. The molecule has 1 amide bonds. The van der Waals surface area contributed by atoms with E-state index in [0.29, 0.717) is 13.1 Å². The van der Waals surface area contributed by atoms with Gasteiger partial charge in [-0.15, -0.1) is 0 Å². The number of nitrogens with two attached hydrogens (primary N) is 1. The van der Waals surface area contributed by atoms with E-state index in [0.717, 1.165) is 17.7 Å². The third-order valence-electron chi connectivity index (χ3n) is 3.86. The molecule has 1 fully saturated rings. The number of likely N-dealkylation sites (tertiary alicyclic amines) is 1. The topological polar surface area (TPSA) is 64.8 Å². The van der Waals surface area contributed by atoms with E-state index >= 15 is 0 Å². The Hall–Kier alpha value is -1.75. The Labute approximate surface area is 132 Å². The molecule has 2 atom stereocenters. The van der Waals surface area contributed by atoms with E-state index in [2.05, 4.69) is 0 Å². The molecular formula is C17H26N2O3. The largest absolute Gasteiger partial charge is 0.497 e. The maximum atomic E-state index is 12.2. The van der Waals surface area contributed by atoms with Crippen molar-refractivity contribution in [1.82, 2.24) is 4.90 Å². The molecule has 1 aliphatic rings. The Balaban J connectivity index is 2.08. The van der Waals surface area contributed by atoms with Crippen LogP contribution in [0.3, 0.4) is 0 Å². The van der Waals surface area contributed by atoms with Gasteiger partial charge in [0, 0.05) is 25.0 Å². The highest BCUT2D eigenvalue weighted by atomic mass is 16.6. The number of hydrogen-bond donors (Lipinski definition) is 1. The molecule has 122 valence electrons. The van der Waals surface area contributed by atoms with Crippen LogP contribution in [0.5, 0.6) is 5.75 Å². The van der Waals surface area contributed by atoms with Gasteiger partial charge in [0.1, 0.15) is 11.4 Å². The van der Waals surface area contributed by atoms with Gasteiger partial charge in [-0.25, -0.2) is 4.79 Å². The number of amides is 1.